The molecule has 0 aliphatic carbocycles. The Morgan fingerprint density at radius 2 is 0.658 bits per heavy atom. The lowest BCUT2D eigenvalue weighted by Gasteiger charge is -2.29. The fourth-order valence-corrected chi connectivity index (χ4v) is 12.7. The molecule has 3 heteroatoms. The zero-order chi connectivity index (χ0) is 49.7. The second-order valence-electron chi connectivity index (χ2n) is 22.3. The van der Waals surface area contributed by atoms with Gasteiger partial charge < -0.3 is 14.4 Å². The lowest BCUT2D eigenvalue weighted by Crippen LogP contribution is -2.14. The molecule has 0 N–H and O–H groups in total. The maximum Gasteiger partial charge on any atom is 0.118 e. The number of methoxy groups -OCH3 is 2. The quantitative estimate of drug-likeness (QED) is 0.117. The van der Waals surface area contributed by atoms with Gasteiger partial charge in [-0.05, 0) is 190 Å². The Hall–Kier alpha value is -8.40. The third-order valence-corrected chi connectivity index (χ3v) is 16.2. The zero-order valence-corrected chi connectivity index (χ0v) is 42.7. The molecule has 3 nitrogen and oxygen atoms in total. The van der Waals surface area contributed by atoms with Crippen molar-refractivity contribution in [1.82, 2.24) is 0 Å². The maximum absolute atomic E-state index is 5.82. The Morgan fingerprint density at radius 1 is 0.301 bits per heavy atom. The summed E-state index contributed by atoms with van der Waals surface area (Å²) in [7, 11) is 3.50. The molecule has 73 heavy (non-hydrogen) atoms. The van der Waals surface area contributed by atoms with Gasteiger partial charge in [0.1, 0.15) is 11.5 Å². The van der Waals surface area contributed by atoms with E-state index in [1.807, 2.05) is 0 Å². The van der Waals surface area contributed by atoms with E-state index in [1.54, 1.807) is 14.2 Å². The lowest BCUT2D eigenvalue weighted by atomic mass is 9.86. The summed E-state index contributed by atoms with van der Waals surface area (Å²) in [5.41, 5.74) is 10.9. The van der Waals surface area contributed by atoms with Gasteiger partial charge in [0.05, 0.1) is 19.9 Å². The highest BCUT2D eigenvalue weighted by molar-refractivity contribution is 6.49. The van der Waals surface area contributed by atoms with Gasteiger partial charge in [0, 0.05) is 16.8 Å². The SMILES string of the molecule is COc1ccc(-c2c3c4cccc5c(N(c6ccc(C(C)(C)C)cc6)c6ccc(C(C)(C)C)cc6)ccc(c3c(-c3ccc(OC)cc3)c3c6ccc7c8cccc9cccc(c%10ccc(c23)c6c%107)c98)c54)cc1. The number of fused-ring (bicyclic) bond motifs is 8. The largest absolute Gasteiger partial charge is 0.497 e. The number of hydrogen-bond donors (Lipinski definition) is 0. The molecule has 0 amide bonds. The Kier molecular flexibility index (Phi) is 9.24. The van der Waals surface area contributed by atoms with Gasteiger partial charge in [-0.15, -0.1) is 0 Å². The van der Waals surface area contributed by atoms with Gasteiger partial charge in [-0.25, -0.2) is 0 Å². The molecule has 0 aliphatic rings. The van der Waals surface area contributed by atoms with Crippen LogP contribution in [0, 0.1) is 0 Å². The first-order valence-corrected chi connectivity index (χ1v) is 25.6. The predicted molar refractivity (Wildman–Crippen MR) is 314 cm³/mol. The van der Waals surface area contributed by atoms with Gasteiger partial charge in [0.15, 0.2) is 0 Å². The topological polar surface area (TPSA) is 21.7 Å². The van der Waals surface area contributed by atoms with E-state index in [4.69, 9.17) is 9.47 Å². The van der Waals surface area contributed by atoms with Crippen LogP contribution in [0.3, 0.4) is 0 Å². The number of ether oxygens (including phenoxy) is 2. The number of rotatable bonds is 7. The molecular formula is C70H55NO2. The van der Waals surface area contributed by atoms with Crippen LogP contribution in [0.2, 0.25) is 0 Å². The predicted octanol–water partition coefficient (Wildman–Crippen LogP) is 19.8. The second-order valence-corrected chi connectivity index (χ2v) is 22.3. The summed E-state index contributed by atoms with van der Waals surface area (Å²) >= 11 is 0. The summed E-state index contributed by atoms with van der Waals surface area (Å²) in [6, 6.07) is 71.0. The van der Waals surface area contributed by atoms with Crippen molar-refractivity contribution in [3.05, 3.63) is 199 Å². The van der Waals surface area contributed by atoms with E-state index in [-0.39, 0.29) is 10.8 Å². The summed E-state index contributed by atoms with van der Waals surface area (Å²) in [6.07, 6.45) is 0. The first-order valence-electron chi connectivity index (χ1n) is 25.6. The normalized spacial score (nSPS) is 12.7. The van der Waals surface area contributed by atoms with E-state index in [0.717, 1.165) is 39.7 Å². The molecule has 0 radical (unpaired) electrons. The van der Waals surface area contributed by atoms with E-state index in [2.05, 4.69) is 234 Å². The number of anilines is 3. The first-order chi connectivity index (χ1) is 35.4. The van der Waals surface area contributed by atoms with Gasteiger partial charge in [-0.3, -0.25) is 0 Å². The van der Waals surface area contributed by atoms with Crippen molar-refractivity contribution in [2.75, 3.05) is 19.1 Å². The van der Waals surface area contributed by atoms with Crippen LogP contribution in [0.5, 0.6) is 11.5 Å². The average molecular weight is 942 g/mol. The van der Waals surface area contributed by atoms with Crippen molar-refractivity contribution in [1.29, 1.82) is 0 Å². The van der Waals surface area contributed by atoms with Crippen LogP contribution in [0.25, 0.3) is 119 Å². The number of hydrogen-bond acceptors (Lipinski definition) is 3. The highest BCUT2D eigenvalue weighted by Crippen LogP contribution is 2.58. The fraction of sp³-hybridized carbons (Fsp3) is 0.143. The second kappa shape index (κ2) is 15.6. The van der Waals surface area contributed by atoms with Crippen LogP contribution < -0.4 is 14.4 Å². The summed E-state index contributed by atoms with van der Waals surface area (Å²) < 4.78 is 11.6. The smallest absolute Gasteiger partial charge is 0.118 e. The van der Waals surface area contributed by atoms with Crippen molar-refractivity contribution >= 4 is 114 Å². The Morgan fingerprint density at radius 3 is 1.11 bits per heavy atom. The Labute approximate surface area is 425 Å². The molecule has 0 saturated heterocycles. The molecule has 0 heterocycles. The Balaban J connectivity index is 1.16. The van der Waals surface area contributed by atoms with Crippen LogP contribution >= 0.6 is 0 Å². The monoisotopic (exact) mass is 941 g/mol. The molecule has 0 aromatic heterocycles. The number of nitrogens with zero attached hydrogens (tertiary/aromatic N) is 1. The molecule has 0 bridgehead atoms. The summed E-state index contributed by atoms with van der Waals surface area (Å²) in [6.45, 7) is 13.7. The third-order valence-electron chi connectivity index (χ3n) is 16.2. The third kappa shape index (κ3) is 6.24. The minimum atomic E-state index is 0.0289. The van der Waals surface area contributed by atoms with Crippen molar-refractivity contribution in [2.24, 2.45) is 0 Å². The minimum absolute atomic E-state index is 0.0289. The number of benzene rings is 12. The lowest BCUT2D eigenvalue weighted by molar-refractivity contribution is 0.415. The Bertz CT molecular complexity index is 4240. The zero-order valence-electron chi connectivity index (χ0n) is 42.7. The molecule has 0 spiro atoms. The highest BCUT2D eigenvalue weighted by Gasteiger charge is 2.30. The fourth-order valence-electron chi connectivity index (χ4n) is 12.7. The van der Waals surface area contributed by atoms with Crippen LogP contribution in [-0.4, -0.2) is 14.2 Å². The van der Waals surface area contributed by atoms with Gasteiger partial charge in [-0.1, -0.05) is 175 Å². The molecule has 0 aliphatic heterocycles. The molecular weight excluding hydrogens is 887 g/mol. The van der Waals surface area contributed by atoms with E-state index >= 15 is 0 Å². The molecule has 14 aromatic carbocycles. The van der Waals surface area contributed by atoms with Gasteiger partial charge in [0.2, 0.25) is 0 Å². The van der Waals surface area contributed by atoms with Crippen LogP contribution in [0.1, 0.15) is 52.7 Å². The molecule has 352 valence electrons. The molecule has 0 unspecified atom stereocenters. The maximum atomic E-state index is 5.82. The molecule has 0 atom stereocenters. The van der Waals surface area contributed by atoms with Crippen molar-refractivity contribution in [3.63, 3.8) is 0 Å². The average Bonchev–Trinajstić information content (AvgIpc) is 3.93. The highest BCUT2D eigenvalue weighted by atomic mass is 16.5. The van der Waals surface area contributed by atoms with Gasteiger partial charge >= 0.3 is 0 Å². The van der Waals surface area contributed by atoms with E-state index < -0.39 is 0 Å². The molecule has 14 aromatic rings. The van der Waals surface area contributed by atoms with E-state index in [0.29, 0.717) is 0 Å². The van der Waals surface area contributed by atoms with Crippen LogP contribution in [-0.2, 0) is 10.8 Å². The standard InChI is InChI=1S/C70H55NO2/c1-69(2,3)43-22-26-45(27-23-43)71(46-28-24-44(25-29-46)70(4,5)6)58-39-38-55-62-53(58)16-11-17-54(62)65-60(41-18-30-47(72-7)31-19-41)67-56-36-34-51-49-14-9-12-40-13-10-15-50(59(40)49)52-35-37-57(64(56)63(51)52)68(67)61(66(55)65)42-20-32-48(73-8)33-21-42/h9-39H,1-8H3. The molecule has 14 rings (SSSR count). The van der Waals surface area contributed by atoms with Crippen molar-refractivity contribution in [3.8, 4) is 33.8 Å². The van der Waals surface area contributed by atoms with Gasteiger partial charge in [0.25, 0.3) is 0 Å². The molecule has 0 saturated carbocycles. The van der Waals surface area contributed by atoms with Crippen LogP contribution in [0.4, 0.5) is 17.1 Å². The van der Waals surface area contributed by atoms with E-state index in [9.17, 15) is 0 Å². The van der Waals surface area contributed by atoms with E-state index in [1.165, 1.54) is 119 Å². The minimum Gasteiger partial charge on any atom is -0.497 e. The van der Waals surface area contributed by atoms with Crippen LogP contribution in [0.15, 0.2) is 188 Å². The van der Waals surface area contributed by atoms with Crippen molar-refractivity contribution < 1.29 is 9.47 Å². The van der Waals surface area contributed by atoms with Crippen molar-refractivity contribution in [2.45, 2.75) is 52.4 Å². The summed E-state index contributed by atoms with van der Waals surface area (Å²) in [4.78, 5) is 2.47. The van der Waals surface area contributed by atoms with Gasteiger partial charge in [-0.2, -0.15) is 0 Å². The first kappa shape index (κ1) is 43.4. The summed E-state index contributed by atoms with van der Waals surface area (Å²) in [5, 5.41) is 23.0. The summed E-state index contributed by atoms with van der Waals surface area (Å²) in [5.74, 6) is 1.67. The molecule has 0 fully saturated rings.